The number of fused-ring (bicyclic) bond motifs is 1. The van der Waals surface area contributed by atoms with Gasteiger partial charge in [-0.2, -0.15) is 0 Å². The van der Waals surface area contributed by atoms with Crippen molar-refractivity contribution in [2.75, 3.05) is 13.7 Å². The predicted molar refractivity (Wildman–Crippen MR) is 101 cm³/mol. The molecule has 2 fully saturated rings. The van der Waals surface area contributed by atoms with Crippen LogP contribution in [0.2, 0.25) is 0 Å². The van der Waals surface area contributed by atoms with E-state index >= 15 is 0 Å². The quantitative estimate of drug-likeness (QED) is 0.853. The summed E-state index contributed by atoms with van der Waals surface area (Å²) in [7, 11) is 1.84. The Morgan fingerprint density at radius 2 is 2.17 bits per heavy atom. The second kappa shape index (κ2) is 7.46. The molecule has 1 saturated carbocycles. The van der Waals surface area contributed by atoms with E-state index in [-0.39, 0.29) is 48.2 Å². The van der Waals surface area contributed by atoms with Gasteiger partial charge in [0.15, 0.2) is 0 Å². The van der Waals surface area contributed by atoms with E-state index < -0.39 is 5.54 Å². The number of ether oxygens (including phenoxy) is 1. The molecule has 2 heterocycles. The fourth-order valence-corrected chi connectivity index (χ4v) is 4.92. The van der Waals surface area contributed by atoms with E-state index in [4.69, 9.17) is 10.5 Å². The molecule has 138 valence electrons. The monoisotopic (exact) mass is 395 g/mol. The average molecular weight is 396 g/mol. The molecule has 2 aliphatic rings. The molecule has 24 heavy (non-hydrogen) atoms. The number of likely N-dealkylation sites (N-methyl/N-ethyl adjacent to an activating group) is 1. The minimum Gasteiger partial charge on any atom is -0.377 e. The molecule has 0 spiro atoms. The highest BCUT2D eigenvalue weighted by atomic mass is 35.5. The van der Waals surface area contributed by atoms with Crippen LogP contribution in [0.1, 0.15) is 37.3 Å². The molecule has 3 atom stereocenters. The first kappa shape index (κ1) is 21.6. The summed E-state index contributed by atoms with van der Waals surface area (Å²) in [6.45, 7) is 7.44. The Kier molecular flexibility index (Phi) is 6.73. The zero-order chi connectivity index (χ0) is 16.1. The van der Waals surface area contributed by atoms with Gasteiger partial charge in [-0.3, -0.25) is 4.79 Å². The van der Waals surface area contributed by atoms with Gasteiger partial charge >= 0.3 is 0 Å². The fourth-order valence-electron chi connectivity index (χ4n) is 4.09. The third-order valence-corrected chi connectivity index (χ3v) is 6.53. The molecule has 5 nitrogen and oxygen atoms in total. The van der Waals surface area contributed by atoms with Crippen molar-refractivity contribution in [2.24, 2.45) is 17.1 Å². The fraction of sp³-hybridized carbons (Fsp3) is 0.750. The Hall–Kier alpha value is -0.400. The van der Waals surface area contributed by atoms with Crippen LogP contribution in [0.4, 0.5) is 0 Å². The van der Waals surface area contributed by atoms with Crippen LogP contribution in [-0.2, 0) is 16.1 Å². The van der Waals surface area contributed by atoms with E-state index in [0.717, 1.165) is 30.0 Å². The van der Waals surface area contributed by atoms with Crippen molar-refractivity contribution in [3.8, 4) is 0 Å². The van der Waals surface area contributed by atoms with Crippen LogP contribution in [0.15, 0.2) is 5.51 Å². The van der Waals surface area contributed by atoms with Gasteiger partial charge in [0, 0.05) is 29.9 Å². The number of rotatable bonds is 3. The smallest absolute Gasteiger partial charge is 0.243 e. The number of amides is 1. The third kappa shape index (κ3) is 2.97. The molecule has 3 rings (SSSR count). The van der Waals surface area contributed by atoms with Gasteiger partial charge in [-0.05, 0) is 19.8 Å². The number of aromatic nitrogens is 1. The van der Waals surface area contributed by atoms with Gasteiger partial charge in [-0.15, -0.1) is 36.2 Å². The topological polar surface area (TPSA) is 68.5 Å². The third-order valence-electron chi connectivity index (χ3n) is 5.61. The molecular weight excluding hydrogens is 369 g/mol. The number of nitrogens with zero attached hydrogens (tertiary/aromatic N) is 2. The van der Waals surface area contributed by atoms with Crippen LogP contribution < -0.4 is 5.73 Å². The first-order valence-electron chi connectivity index (χ1n) is 7.85. The molecule has 1 amide bonds. The zero-order valence-electron chi connectivity index (χ0n) is 14.6. The lowest BCUT2D eigenvalue weighted by molar-refractivity contribution is -0.229. The lowest BCUT2D eigenvalue weighted by Gasteiger charge is -2.65. The maximum absolute atomic E-state index is 13.1. The molecule has 2 N–H and O–H groups in total. The Morgan fingerprint density at radius 3 is 2.75 bits per heavy atom. The molecule has 1 aromatic heterocycles. The SMILES string of the molecule is Cc1ncsc1CN(C)C(=O)C1(N)C2CCCOC2C1(C)C.Cl.Cl. The summed E-state index contributed by atoms with van der Waals surface area (Å²) in [5.41, 5.74) is 8.32. The van der Waals surface area contributed by atoms with Gasteiger partial charge < -0.3 is 15.4 Å². The Bertz CT molecular complexity index is 596. The van der Waals surface area contributed by atoms with Gasteiger partial charge in [0.25, 0.3) is 0 Å². The normalized spacial score (nSPS) is 30.2. The number of carbonyl (C=O) groups excluding carboxylic acids is 1. The summed E-state index contributed by atoms with van der Waals surface area (Å²) in [6, 6.07) is 0. The lowest BCUT2D eigenvalue weighted by atomic mass is 9.46. The number of thiazole rings is 1. The number of nitrogens with two attached hydrogens (primary N) is 1. The summed E-state index contributed by atoms with van der Waals surface area (Å²) in [6.07, 6.45) is 2.07. The Labute approximate surface area is 160 Å². The second-order valence-electron chi connectivity index (χ2n) is 7.15. The zero-order valence-corrected chi connectivity index (χ0v) is 17.0. The van der Waals surface area contributed by atoms with Crippen LogP contribution >= 0.6 is 36.2 Å². The van der Waals surface area contributed by atoms with Crippen LogP contribution in [0, 0.1) is 18.3 Å². The van der Waals surface area contributed by atoms with Gasteiger partial charge in [0.05, 0.1) is 23.9 Å². The van der Waals surface area contributed by atoms with Crippen molar-refractivity contribution in [1.29, 1.82) is 0 Å². The van der Waals surface area contributed by atoms with Crippen molar-refractivity contribution >= 4 is 42.1 Å². The van der Waals surface area contributed by atoms with Gasteiger partial charge in [0.2, 0.25) is 5.91 Å². The van der Waals surface area contributed by atoms with Gasteiger partial charge in [-0.25, -0.2) is 4.98 Å². The molecule has 1 aliphatic carbocycles. The van der Waals surface area contributed by atoms with Crippen LogP contribution in [0.3, 0.4) is 0 Å². The first-order chi connectivity index (χ1) is 10.3. The van der Waals surface area contributed by atoms with Crippen LogP contribution in [-0.4, -0.2) is 41.1 Å². The van der Waals surface area contributed by atoms with Crippen molar-refractivity contribution in [2.45, 2.75) is 51.8 Å². The molecule has 0 radical (unpaired) electrons. The molecule has 1 aromatic rings. The highest BCUT2D eigenvalue weighted by Crippen LogP contribution is 2.57. The standard InChI is InChI=1S/C16H25N3O2S.2ClH/c1-10-12(22-9-18-10)8-19(4)14(20)16(17)11-6-5-7-21-13(11)15(16,2)3;;/h9,11,13H,5-8,17H2,1-4H3;2*1H. The summed E-state index contributed by atoms with van der Waals surface area (Å²) in [5.74, 6) is 0.158. The average Bonchev–Trinajstić information content (AvgIpc) is 2.90. The largest absolute Gasteiger partial charge is 0.377 e. The summed E-state index contributed by atoms with van der Waals surface area (Å²) < 4.78 is 5.88. The maximum atomic E-state index is 13.1. The van der Waals surface area contributed by atoms with E-state index in [1.807, 2.05) is 19.5 Å². The summed E-state index contributed by atoms with van der Waals surface area (Å²) in [5, 5.41) is 0. The molecule has 1 aliphatic heterocycles. The first-order valence-corrected chi connectivity index (χ1v) is 8.73. The van der Waals surface area contributed by atoms with E-state index in [1.165, 1.54) is 0 Å². The minimum atomic E-state index is -0.828. The van der Waals surface area contributed by atoms with Crippen molar-refractivity contribution in [1.82, 2.24) is 9.88 Å². The predicted octanol–water partition coefficient (Wildman–Crippen LogP) is 2.79. The van der Waals surface area contributed by atoms with E-state index in [0.29, 0.717) is 6.54 Å². The highest BCUT2D eigenvalue weighted by molar-refractivity contribution is 7.09. The van der Waals surface area contributed by atoms with Gasteiger partial charge in [-0.1, -0.05) is 13.8 Å². The van der Waals surface area contributed by atoms with E-state index in [2.05, 4.69) is 18.8 Å². The van der Waals surface area contributed by atoms with Crippen molar-refractivity contribution in [3.63, 3.8) is 0 Å². The molecule has 3 unspecified atom stereocenters. The number of hydrogen-bond acceptors (Lipinski definition) is 5. The van der Waals surface area contributed by atoms with E-state index in [1.54, 1.807) is 16.2 Å². The summed E-state index contributed by atoms with van der Waals surface area (Å²) in [4.78, 5) is 20.2. The number of carbonyl (C=O) groups is 1. The number of halogens is 2. The molecule has 8 heteroatoms. The lowest BCUT2D eigenvalue weighted by Crippen LogP contribution is -2.82. The van der Waals surface area contributed by atoms with Crippen LogP contribution in [0.25, 0.3) is 0 Å². The molecule has 0 aromatic carbocycles. The number of aryl methyl sites for hydroxylation is 1. The van der Waals surface area contributed by atoms with E-state index in [9.17, 15) is 4.79 Å². The Morgan fingerprint density at radius 1 is 1.50 bits per heavy atom. The Balaban J connectivity index is 0.00000144. The highest BCUT2D eigenvalue weighted by Gasteiger charge is 2.70. The second-order valence-corrected chi connectivity index (χ2v) is 8.09. The summed E-state index contributed by atoms with van der Waals surface area (Å²) >= 11 is 1.58. The van der Waals surface area contributed by atoms with Gasteiger partial charge in [0.1, 0.15) is 5.54 Å². The number of hydrogen-bond donors (Lipinski definition) is 1. The van der Waals surface area contributed by atoms with Crippen molar-refractivity contribution in [3.05, 3.63) is 16.1 Å². The molecular formula is C16H27Cl2N3O2S. The molecule has 1 saturated heterocycles. The van der Waals surface area contributed by atoms with Crippen LogP contribution in [0.5, 0.6) is 0 Å². The maximum Gasteiger partial charge on any atom is 0.243 e. The molecule has 0 bridgehead atoms. The minimum absolute atomic E-state index is 0. The van der Waals surface area contributed by atoms with Crippen molar-refractivity contribution < 1.29 is 9.53 Å².